The van der Waals surface area contributed by atoms with Crippen LogP contribution >= 0.6 is 12.2 Å². The van der Waals surface area contributed by atoms with E-state index < -0.39 is 0 Å². The van der Waals surface area contributed by atoms with Crippen LogP contribution in [0, 0.1) is 11.7 Å². The summed E-state index contributed by atoms with van der Waals surface area (Å²) in [5.74, 6) is 0. The van der Waals surface area contributed by atoms with Crippen molar-refractivity contribution in [2.75, 3.05) is 0 Å². The Morgan fingerprint density at radius 3 is 3.00 bits per heavy atom. The summed E-state index contributed by atoms with van der Waals surface area (Å²) >= 11 is 4.96. The van der Waals surface area contributed by atoms with Crippen LogP contribution in [0.15, 0.2) is 29.1 Å². The molecule has 4 heteroatoms. The highest BCUT2D eigenvalue weighted by molar-refractivity contribution is 7.71. The van der Waals surface area contributed by atoms with Gasteiger partial charge < -0.3 is 9.40 Å². The number of furan rings is 1. The predicted octanol–water partition coefficient (Wildman–Crippen LogP) is 2.71. The molecule has 2 aromatic heterocycles. The molecule has 1 N–H and O–H groups in total. The van der Waals surface area contributed by atoms with Crippen LogP contribution in [0.2, 0.25) is 0 Å². The zero-order valence-electron chi connectivity index (χ0n) is 7.07. The molecule has 0 saturated carbocycles. The molecule has 0 fully saturated rings. The van der Waals surface area contributed by atoms with Crippen LogP contribution in [0.5, 0.6) is 0 Å². The van der Waals surface area contributed by atoms with Crippen LogP contribution in [0.25, 0.3) is 11.3 Å². The first-order valence-electron chi connectivity index (χ1n) is 3.86. The van der Waals surface area contributed by atoms with Gasteiger partial charge in [-0.25, -0.2) is 4.98 Å². The molecule has 0 spiro atoms. The van der Waals surface area contributed by atoms with Gasteiger partial charge in [-0.1, -0.05) is 0 Å². The lowest BCUT2D eigenvalue weighted by Gasteiger charge is -1.97. The zero-order chi connectivity index (χ0) is 9.26. The first-order valence-corrected chi connectivity index (χ1v) is 4.27. The summed E-state index contributed by atoms with van der Waals surface area (Å²) in [6.45, 7) is 1.95. The van der Waals surface area contributed by atoms with Crippen molar-refractivity contribution >= 4 is 12.2 Å². The molecule has 0 atom stereocenters. The van der Waals surface area contributed by atoms with Gasteiger partial charge in [-0.3, -0.25) is 0 Å². The van der Waals surface area contributed by atoms with E-state index in [0.29, 0.717) is 4.77 Å². The molecule has 0 amide bonds. The first kappa shape index (κ1) is 8.19. The average Bonchev–Trinajstić information content (AvgIpc) is 2.53. The van der Waals surface area contributed by atoms with Crippen molar-refractivity contribution < 1.29 is 4.42 Å². The number of aryl methyl sites for hydroxylation is 1. The van der Waals surface area contributed by atoms with Crippen LogP contribution in [-0.4, -0.2) is 9.97 Å². The third kappa shape index (κ3) is 1.67. The molecule has 0 bridgehead atoms. The van der Waals surface area contributed by atoms with Gasteiger partial charge in [0.2, 0.25) is 0 Å². The van der Waals surface area contributed by atoms with E-state index in [9.17, 15) is 0 Å². The van der Waals surface area contributed by atoms with Gasteiger partial charge in [0.15, 0.2) is 4.77 Å². The Morgan fingerprint density at radius 2 is 2.38 bits per heavy atom. The monoisotopic (exact) mass is 192 g/mol. The van der Waals surface area contributed by atoms with E-state index in [1.165, 1.54) is 0 Å². The Balaban J connectivity index is 2.59. The van der Waals surface area contributed by atoms with E-state index in [4.69, 9.17) is 16.6 Å². The van der Waals surface area contributed by atoms with Gasteiger partial charge in [0.1, 0.15) is 0 Å². The van der Waals surface area contributed by atoms with E-state index in [0.717, 1.165) is 17.0 Å². The minimum Gasteiger partial charge on any atom is -0.472 e. The molecule has 0 saturated heterocycles. The second-order valence-corrected chi connectivity index (χ2v) is 3.15. The lowest BCUT2D eigenvalue weighted by Crippen LogP contribution is -1.88. The molecule has 0 aliphatic rings. The molecular weight excluding hydrogens is 184 g/mol. The largest absolute Gasteiger partial charge is 0.472 e. The van der Waals surface area contributed by atoms with Crippen molar-refractivity contribution in [3.05, 3.63) is 35.1 Å². The molecule has 2 heterocycles. The molecule has 0 aromatic carbocycles. The van der Waals surface area contributed by atoms with Gasteiger partial charge in [0, 0.05) is 11.3 Å². The number of hydrogen-bond acceptors (Lipinski definition) is 3. The van der Waals surface area contributed by atoms with Crippen LogP contribution in [0.3, 0.4) is 0 Å². The second-order valence-electron chi connectivity index (χ2n) is 2.77. The Kier molecular flexibility index (Phi) is 1.98. The second kappa shape index (κ2) is 3.14. The van der Waals surface area contributed by atoms with E-state index in [1.807, 2.05) is 19.1 Å². The molecule has 0 aliphatic carbocycles. The lowest BCUT2D eigenvalue weighted by molar-refractivity contribution is 0.568. The maximum absolute atomic E-state index is 4.96. The molecular formula is C9H8N2OS. The smallest absolute Gasteiger partial charge is 0.197 e. The summed E-state index contributed by atoms with van der Waals surface area (Å²) in [6.07, 6.45) is 3.27. The zero-order valence-corrected chi connectivity index (χ0v) is 7.89. The van der Waals surface area contributed by atoms with Crippen LogP contribution in [0.1, 0.15) is 5.69 Å². The van der Waals surface area contributed by atoms with Crippen LogP contribution in [0.4, 0.5) is 0 Å². The van der Waals surface area contributed by atoms with E-state index in [1.54, 1.807) is 12.5 Å². The van der Waals surface area contributed by atoms with Gasteiger partial charge in [-0.05, 0) is 31.3 Å². The molecule has 0 radical (unpaired) electrons. The van der Waals surface area contributed by atoms with Crippen molar-refractivity contribution in [2.24, 2.45) is 0 Å². The fourth-order valence-electron chi connectivity index (χ4n) is 1.14. The minimum absolute atomic E-state index is 0.496. The van der Waals surface area contributed by atoms with Gasteiger partial charge in [0.05, 0.1) is 18.2 Å². The molecule has 2 rings (SSSR count). The molecule has 2 aromatic rings. The van der Waals surface area contributed by atoms with Gasteiger partial charge >= 0.3 is 0 Å². The highest BCUT2D eigenvalue weighted by Crippen LogP contribution is 2.16. The fraction of sp³-hybridized carbons (Fsp3) is 0.111. The summed E-state index contributed by atoms with van der Waals surface area (Å²) < 4.78 is 5.46. The van der Waals surface area contributed by atoms with Crippen molar-refractivity contribution in [3.8, 4) is 11.3 Å². The van der Waals surface area contributed by atoms with Crippen LogP contribution in [-0.2, 0) is 0 Å². The topological polar surface area (TPSA) is 41.8 Å². The third-order valence-corrected chi connectivity index (χ3v) is 1.89. The molecule has 13 heavy (non-hydrogen) atoms. The van der Waals surface area contributed by atoms with Gasteiger partial charge in [0.25, 0.3) is 0 Å². The lowest BCUT2D eigenvalue weighted by atomic mass is 10.2. The van der Waals surface area contributed by atoms with Gasteiger partial charge in [-0.2, -0.15) is 0 Å². The molecule has 0 aliphatic heterocycles. The predicted molar refractivity (Wildman–Crippen MR) is 51.9 cm³/mol. The molecule has 0 unspecified atom stereocenters. The standard InChI is InChI=1S/C9H8N2OS/c1-6-4-8(11-9(13)10-6)7-2-3-12-5-7/h2-5H,1H3,(H,10,11,13). The van der Waals surface area contributed by atoms with Crippen molar-refractivity contribution in [3.63, 3.8) is 0 Å². The summed E-state index contributed by atoms with van der Waals surface area (Å²) in [7, 11) is 0. The van der Waals surface area contributed by atoms with E-state index in [-0.39, 0.29) is 0 Å². The van der Waals surface area contributed by atoms with E-state index in [2.05, 4.69) is 9.97 Å². The first-order chi connectivity index (χ1) is 6.25. The Bertz CT molecular complexity index is 459. The number of aromatic nitrogens is 2. The maximum atomic E-state index is 4.96. The highest BCUT2D eigenvalue weighted by Gasteiger charge is 2.00. The minimum atomic E-state index is 0.496. The Labute approximate surface area is 80.4 Å². The number of nitrogens with zero attached hydrogens (tertiary/aromatic N) is 1. The highest BCUT2D eigenvalue weighted by atomic mass is 32.1. The molecule has 66 valence electrons. The number of nitrogens with one attached hydrogen (secondary N) is 1. The summed E-state index contributed by atoms with van der Waals surface area (Å²) in [6, 6.07) is 3.79. The van der Waals surface area contributed by atoms with Crippen molar-refractivity contribution in [1.29, 1.82) is 0 Å². The number of aromatic amines is 1. The Hall–Kier alpha value is -1.42. The number of rotatable bonds is 1. The van der Waals surface area contributed by atoms with Crippen molar-refractivity contribution in [2.45, 2.75) is 6.92 Å². The average molecular weight is 192 g/mol. The maximum Gasteiger partial charge on any atom is 0.197 e. The third-order valence-electron chi connectivity index (χ3n) is 1.70. The quantitative estimate of drug-likeness (QED) is 0.706. The molecule has 3 nitrogen and oxygen atoms in total. The van der Waals surface area contributed by atoms with Gasteiger partial charge in [-0.15, -0.1) is 0 Å². The van der Waals surface area contributed by atoms with Crippen LogP contribution < -0.4 is 0 Å². The summed E-state index contributed by atoms with van der Waals surface area (Å²) in [4.78, 5) is 7.12. The van der Waals surface area contributed by atoms with E-state index >= 15 is 0 Å². The fourth-order valence-corrected chi connectivity index (χ4v) is 1.40. The Morgan fingerprint density at radius 1 is 1.54 bits per heavy atom. The number of hydrogen-bond donors (Lipinski definition) is 1. The number of H-pyrrole nitrogens is 1. The SMILES string of the molecule is Cc1cc(-c2ccoc2)nc(=S)[nH]1. The normalized spacial score (nSPS) is 10.2. The van der Waals surface area contributed by atoms with Crippen molar-refractivity contribution in [1.82, 2.24) is 9.97 Å². The summed E-state index contributed by atoms with van der Waals surface area (Å²) in [5, 5.41) is 0. The summed E-state index contributed by atoms with van der Waals surface area (Å²) in [5.41, 5.74) is 2.79.